The number of fused-ring (bicyclic) bond motifs is 1. The summed E-state index contributed by atoms with van der Waals surface area (Å²) in [6, 6.07) is 8.96. The molecule has 0 heterocycles. The number of methoxy groups -OCH3 is 2. The molecule has 0 aromatic heterocycles. The maximum absolute atomic E-state index is 12.0. The van der Waals surface area contributed by atoms with Crippen molar-refractivity contribution in [2.24, 2.45) is 0 Å². The molecule has 2 aromatic rings. The van der Waals surface area contributed by atoms with Crippen LogP contribution in [0.25, 0.3) is 10.8 Å². The van der Waals surface area contributed by atoms with Gasteiger partial charge in [-0.05, 0) is 6.07 Å². The molecule has 98 valence electrons. The third-order valence-electron chi connectivity index (χ3n) is 2.95. The zero-order chi connectivity index (χ0) is 14.0. The third kappa shape index (κ3) is 2.17. The number of rotatable bonds is 4. The van der Waals surface area contributed by atoms with E-state index in [1.807, 2.05) is 24.3 Å². The first kappa shape index (κ1) is 13.1. The topological polar surface area (TPSA) is 52.6 Å². The molecule has 4 nitrogen and oxygen atoms in total. The molecule has 0 aliphatic heterocycles. The molecule has 0 N–H and O–H groups in total. The van der Waals surface area contributed by atoms with Gasteiger partial charge in [0, 0.05) is 17.7 Å². The summed E-state index contributed by atoms with van der Waals surface area (Å²) in [6.07, 6.45) is 0. The molecule has 0 spiro atoms. The third-order valence-corrected chi connectivity index (χ3v) is 2.95. The number of ketones is 2. The summed E-state index contributed by atoms with van der Waals surface area (Å²) in [5.74, 6) is -0.172. The van der Waals surface area contributed by atoms with Crippen LogP contribution in [-0.4, -0.2) is 25.8 Å². The SMILES string of the molecule is COc1cc(C(=O)C(C)=O)c(OC)c2ccccc12. The van der Waals surface area contributed by atoms with Crippen LogP contribution in [-0.2, 0) is 4.79 Å². The summed E-state index contributed by atoms with van der Waals surface area (Å²) < 4.78 is 10.6. The molecule has 0 bridgehead atoms. The van der Waals surface area contributed by atoms with Crippen molar-refractivity contribution in [1.29, 1.82) is 0 Å². The standard InChI is InChI=1S/C15H14O4/c1-9(16)14(17)12-8-13(18-2)10-6-4-5-7-11(10)15(12)19-3/h4-8H,1-3H3. The fourth-order valence-electron chi connectivity index (χ4n) is 2.06. The zero-order valence-corrected chi connectivity index (χ0v) is 11.0. The van der Waals surface area contributed by atoms with Crippen LogP contribution in [0.5, 0.6) is 11.5 Å². The van der Waals surface area contributed by atoms with Crippen molar-refractivity contribution < 1.29 is 19.1 Å². The van der Waals surface area contributed by atoms with Crippen LogP contribution in [0.3, 0.4) is 0 Å². The molecule has 4 heteroatoms. The van der Waals surface area contributed by atoms with Gasteiger partial charge in [-0.15, -0.1) is 0 Å². The summed E-state index contributed by atoms with van der Waals surface area (Å²) in [5, 5.41) is 1.58. The van der Waals surface area contributed by atoms with Crippen molar-refractivity contribution in [2.75, 3.05) is 14.2 Å². The molecule has 0 aliphatic carbocycles. The van der Waals surface area contributed by atoms with E-state index in [2.05, 4.69) is 0 Å². The summed E-state index contributed by atoms with van der Waals surface area (Å²) in [6.45, 7) is 1.24. The normalized spacial score (nSPS) is 10.3. The number of ether oxygens (including phenoxy) is 2. The van der Waals surface area contributed by atoms with Gasteiger partial charge in [0.2, 0.25) is 5.78 Å². The molecule has 0 unspecified atom stereocenters. The first-order valence-corrected chi connectivity index (χ1v) is 5.79. The maximum Gasteiger partial charge on any atom is 0.232 e. The van der Waals surface area contributed by atoms with Crippen molar-refractivity contribution >= 4 is 22.3 Å². The number of carbonyl (C=O) groups excluding carboxylic acids is 2. The highest BCUT2D eigenvalue weighted by Crippen LogP contribution is 2.36. The Kier molecular flexibility index (Phi) is 3.51. The average Bonchev–Trinajstić information content (AvgIpc) is 2.44. The minimum Gasteiger partial charge on any atom is -0.496 e. The molecular weight excluding hydrogens is 244 g/mol. The van der Waals surface area contributed by atoms with E-state index < -0.39 is 11.6 Å². The van der Waals surface area contributed by atoms with Gasteiger partial charge in [-0.25, -0.2) is 0 Å². The second kappa shape index (κ2) is 5.10. The van der Waals surface area contributed by atoms with Crippen molar-refractivity contribution in [3.05, 3.63) is 35.9 Å². The number of benzene rings is 2. The van der Waals surface area contributed by atoms with E-state index in [0.717, 1.165) is 10.8 Å². The fraction of sp³-hybridized carbons (Fsp3) is 0.200. The van der Waals surface area contributed by atoms with Crippen molar-refractivity contribution in [3.63, 3.8) is 0 Å². The number of carbonyl (C=O) groups is 2. The smallest absolute Gasteiger partial charge is 0.232 e. The lowest BCUT2D eigenvalue weighted by Gasteiger charge is -2.13. The Morgan fingerprint density at radius 2 is 1.63 bits per heavy atom. The Balaban J connectivity index is 2.84. The van der Waals surface area contributed by atoms with Crippen LogP contribution in [0.4, 0.5) is 0 Å². The first-order chi connectivity index (χ1) is 9.10. The van der Waals surface area contributed by atoms with Crippen molar-refractivity contribution in [2.45, 2.75) is 6.92 Å². The zero-order valence-electron chi connectivity index (χ0n) is 11.0. The summed E-state index contributed by atoms with van der Waals surface area (Å²) >= 11 is 0. The monoisotopic (exact) mass is 258 g/mol. The molecule has 0 aliphatic rings. The van der Waals surface area contributed by atoms with Crippen molar-refractivity contribution in [3.8, 4) is 11.5 Å². The molecule has 0 radical (unpaired) electrons. The van der Waals surface area contributed by atoms with E-state index in [1.54, 1.807) is 6.07 Å². The lowest BCUT2D eigenvalue weighted by atomic mass is 10.00. The van der Waals surface area contributed by atoms with Gasteiger partial charge in [-0.3, -0.25) is 9.59 Å². The molecule has 0 amide bonds. The summed E-state index contributed by atoms with van der Waals surface area (Å²) in [4.78, 5) is 23.3. The number of Topliss-reactive ketones (excluding diaryl/α,β-unsaturated/α-hetero) is 2. The quantitative estimate of drug-likeness (QED) is 0.625. The maximum atomic E-state index is 12.0. The predicted molar refractivity (Wildman–Crippen MR) is 72.1 cm³/mol. The molecule has 19 heavy (non-hydrogen) atoms. The van der Waals surface area contributed by atoms with Crippen LogP contribution >= 0.6 is 0 Å². The Hall–Kier alpha value is -2.36. The predicted octanol–water partition coefficient (Wildman–Crippen LogP) is 2.63. The summed E-state index contributed by atoms with van der Waals surface area (Å²) in [5.41, 5.74) is 0.227. The van der Waals surface area contributed by atoms with Gasteiger partial charge in [0.05, 0.1) is 19.8 Å². The molecule has 2 rings (SSSR count). The van der Waals surface area contributed by atoms with Gasteiger partial charge in [0.15, 0.2) is 5.78 Å². The Morgan fingerprint density at radius 1 is 1.00 bits per heavy atom. The Labute approximate surface area is 110 Å². The first-order valence-electron chi connectivity index (χ1n) is 5.79. The lowest BCUT2D eigenvalue weighted by molar-refractivity contribution is -0.113. The van der Waals surface area contributed by atoms with E-state index in [9.17, 15) is 9.59 Å². The van der Waals surface area contributed by atoms with Gasteiger partial charge in [-0.1, -0.05) is 24.3 Å². The van der Waals surface area contributed by atoms with E-state index in [4.69, 9.17) is 9.47 Å². The van der Waals surface area contributed by atoms with Crippen LogP contribution < -0.4 is 9.47 Å². The highest BCUT2D eigenvalue weighted by molar-refractivity contribution is 6.44. The van der Waals surface area contributed by atoms with Crippen LogP contribution in [0, 0.1) is 0 Å². The van der Waals surface area contributed by atoms with Crippen molar-refractivity contribution in [1.82, 2.24) is 0 Å². The van der Waals surface area contributed by atoms with Gasteiger partial charge in [-0.2, -0.15) is 0 Å². The van der Waals surface area contributed by atoms with Gasteiger partial charge in [0.1, 0.15) is 11.5 Å². The Morgan fingerprint density at radius 3 is 2.16 bits per heavy atom. The molecule has 0 saturated carbocycles. The van der Waals surface area contributed by atoms with E-state index >= 15 is 0 Å². The van der Waals surface area contributed by atoms with Crippen LogP contribution in [0.15, 0.2) is 30.3 Å². The average molecular weight is 258 g/mol. The van der Waals surface area contributed by atoms with Gasteiger partial charge >= 0.3 is 0 Å². The number of hydrogen-bond donors (Lipinski definition) is 0. The van der Waals surface area contributed by atoms with E-state index in [0.29, 0.717) is 11.5 Å². The van der Waals surface area contributed by atoms with Gasteiger partial charge in [0.25, 0.3) is 0 Å². The highest BCUT2D eigenvalue weighted by Gasteiger charge is 2.21. The van der Waals surface area contributed by atoms with Gasteiger partial charge < -0.3 is 9.47 Å². The summed E-state index contributed by atoms with van der Waals surface area (Å²) in [7, 11) is 3.00. The number of hydrogen-bond acceptors (Lipinski definition) is 4. The second-order valence-corrected chi connectivity index (χ2v) is 4.09. The molecule has 0 atom stereocenters. The highest BCUT2D eigenvalue weighted by atomic mass is 16.5. The minimum absolute atomic E-state index is 0.227. The molecule has 0 fully saturated rings. The molecule has 0 saturated heterocycles. The van der Waals surface area contributed by atoms with E-state index in [1.165, 1.54) is 21.1 Å². The fourth-order valence-corrected chi connectivity index (χ4v) is 2.06. The second-order valence-electron chi connectivity index (χ2n) is 4.09. The van der Waals surface area contributed by atoms with E-state index in [-0.39, 0.29) is 5.56 Å². The van der Waals surface area contributed by atoms with Crippen LogP contribution in [0.2, 0.25) is 0 Å². The minimum atomic E-state index is -0.582. The van der Waals surface area contributed by atoms with Crippen LogP contribution in [0.1, 0.15) is 17.3 Å². The lowest BCUT2D eigenvalue weighted by Crippen LogP contribution is -2.11. The Bertz CT molecular complexity index is 658. The largest absolute Gasteiger partial charge is 0.496 e. The molecular formula is C15H14O4. The molecule has 2 aromatic carbocycles.